The van der Waals surface area contributed by atoms with Crippen molar-refractivity contribution in [3.05, 3.63) is 231 Å². The molecule has 1 aliphatic heterocycles. The van der Waals surface area contributed by atoms with E-state index in [0.29, 0.717) is 0 Å². The number of benzene rings is 4. The van der Waals surface area contributed by atoms with Crippen molar-refractivity contribution < 1.29 is 40.2 Å². The molecule has 6 heterocycles. The maximum absolute atomic E-state index is 4.32. The van der Waals surface area contributed by atoms with Gasteiger partial charge in [0.05, 0.1) is 5.69 Å². The molecule has 0 N–H and O–H groups in total. The maximum atomic E-state index is 4.32. The van der Waals surface area contributed by atoms with Crippen LogP contribution in [-0.4, -0.2) is 51.4 Å². The van der Waals surface area contributed by atoms with Gasteiger partial charge in [0.2, 0.25) is 0 Å². The molecular formula is C48H43Ir2N11. The molecule has 0 saturated heterocycles. The van der Waals surface area contributed by atoms with Crippen LogP contribution in [0.3, 0.4) is 0 Å². The van der Waals surface area contributed by atoms with Crippen LogP contribution >= 0.6 is 0 Å². The van der Waals surface area contributed by atoms with Crippen molar-refractivity contribution in [3.8, 4) is 28.5 Å². The third-order valence-corrected chi connectivity index (χ3v) is 8.25. The second-order valence-corrected chi connectivity index (χ2v) is 12.9. The van der Waals surface area contributed by atoms with E-state index in [1.807, 2.05) is 178 Å². The Balaban J connectivity index is 0.000000167. The minimum absolute atomic E-state index is 0. The fourth-order valence-electron chi connectivity index (χ4n) is 5.40. The van der Waals surface area contributed by atoms with Crippen molar-refractivity contribution in [2.24, 2.45) is 0 Å². The Morgan fingerprint density at radius 2 is 1.10 bits per heavy atom. The minimum Gasteiger partial charge on any atom is -0.574 e. The van der Waals surface area contributed by atoms with E-state index in [4.69, 9.17) is 0 Å². The quantitative estimate of drug-likeness (QED) is 0.158. The molecule has 9 aromatic rings. The Hall–Kier alpha value is -6.49. The van der Waals surface area contributed by atoms with Gasteiger partial charge in [0.15, 0.2) is 0 Å². The van der Waals surface area contributed by atoms with Gasteiger partial charge in [-0.05, 0) is 79.7 Å². The number of hydrogen-bond donors (Lipinski definition) is 0. The number of pyridine rings is 1. The van der Waals surface area contributed by atoms with Gasteiger partial charge in [-0.15, -0.1) is 30.0 Å². The predicted molar refractivity (Wildman–Crippen MR) is 231 cm³/mol. The van der Waals surface area contributed by atoms with E-state index in [1.54, 1.807) is 38.8 Å². The molecule has 0 amide bonds. The number of hydrogen-bond acceptors (Lipinski definition) is 7. The summed E-state index contributed by atoms with van der Waals surface area (Å²) in [6, 6.07) is 51.4. The summed E-state index contributed by atoms with van der Waals surface area (Å²) in [6.45, 7) is 8.14. The van der Waals surface area contributed by atoms with Crippen molar-refractivity contribution in [3.63, 3.8) is 0 Å². The molecule has 0 saturated carbocycles. The molecule has 5 aromatic heterocycles. The van der Waals surface area contributed by atoms with Gasteiger partial charge in [0.1, 0.15) is 0 Å². The van der Waals surface area contributed by atoms with Crippen molar-refractivity contribution in [2.75, 3.05) is 11.9 Å². The molecule has 61 heavy (non-hydrogen) atoms. The molecular weight excluding hydrogens is 1120 g/mol. The van der Waals surface area contributed by atoms with Crippen LogP contribution in [0.4, 0.5) is 5.69 Å². The van der Waals surface area contributed by atoms with E-state index in [1.165, 1.54) is 11.1 Å². The first-order chi connectivity index (χ1) is 28.9. The number of aromatic nitrogens is 9. The summed E-state index contributed by atoms with van der Waals surface area (Å²) in [4.78, 5) is 8.37. The number of rotatable bonds is 5. The molecule has 0 aliphatic carbocycles. The summed E-state index contributed by atoms with van der Waals surface area (Å²) < 4.78 is 5.33. The van der Waals surface area contributed by atoms with Crippen LogP contribution in [0.5, 0.6) is 0 Å². The molecule has 0 fully saturated rings. The second kappa shape index (κ2) is 25.2. The monoisotopic (exact) mass is 1160 g/mol. The van der Waals surface area contributed by atoms with Crippen molar-refractivity contribution in [1.82, 2.24) is 49.4 Å². The van der Waals surface area contributed by atoms with Crippen LogP contribution in [0.1, 0.15) is 16.7 Å². The van der Waals surface area contributed by atoms with E-state index < -0.39 is 0 Å². The third-order valence-electron chi connectivity index (χ3n) is 8.25. The van der Waals surface area contributed by atoms with E-state index in [2.05, 4.69) is 79.9 Å². The van der Waals surface area contributed by atoms with Crippen LogP contribution in [0, 0.1) is 51.7 Å². The standard InChI is InChI=1S/C11H12N2.C10H10N3.3C9H7N2.2Ir/c1-10-3-5-11(6-4-10)13-8-7-12(2)9-13;1-7-5-8(2)10(11-6-7)9-3-4-12-13-9;3*1-2-5-9(6-3-1)11-8-4-7-10-11;;/h3-5,7-9H,1-2H3;3-6H,1-2H3;3*1-5,7-8H;;/q-2;4*-1;2*+3. The Labute approximate surface area is 385 Å². The van der Waals surface area contributed by atoms with Crippen LogP contribution < -0.4 is 10.00 Å². The summed E-state index contributed by atoms with van der Waals surface area (Å²) in [5.74, 6) is 0. The zero-order valence-corrected chi connectivity index (χ0v) is 38.8. The first-order valence-electron chi connectivity index (χ1n) is 18.7. The first-order valence-corrected chi connectivity index (χ1v) is 18.7. The fourth-order valence-corrected chi connectivity index (χ4v) is 5.40. The molecule has 0 atom stereocenters. The largest absolute Gasteiger partial charge is 3.00 e. The average Bonchev–Trinajstić information content (AvgIpc) is 4.14. The maximum Gasteiger partial charge on any atom is 3.00 e. The van der Waals surface area contributed by atoms with Crippen LogP contribution in [0.25, 0.3) is 28.5 Å². The molecule has 0 radical (unpaired) electrons. The Morgan fingerprint density at radius 1 is 0.557 bits per heavy atom. The smallest absolute Gasteiger partial charge is 0.574 e. The van der Waals surface area contributed by atoms with Gasteiger partial charge in [-0.1, -0.05) is 24.8 Å². The molecule has 4 aromatic carbocycles. The summed E-state index contributed by atoms with van der Waals surface area (Å²) in [5, 5.41) is 20.0. The Bertz CT molecular complexity index is 2330. The normalized spacial score (nSPS) is 10.8. The minimum atomic E-state index is 0. The van der Waals surface area contributed by atoms with E-state index in [-0.39, 0.29) is 40.2 Å². The van der Waals surface area contributed by atoms with Gasteiger partial charge in [-0.3, -0.25) is 19.0 Å². The second-order valence-electron chi connectivity index (χ2n) is 12.9. The predicted octanol–water partition coefficient (Wildman–Crippen LogP) is 8.87. The molecule has 11 nitrogen and oxygen atoms in total. The summed E-state index contributed by atoms with van der Waals surface area (Å²) in [5.41, 5.74) is 9.29. The molecule has 308 valence electrons. The van der Waals surface area contributed by atoms with Gasteiger partial charge in [-0.2, -0.15) is 119 Å². The van der Waals surface area contributed by atoms with Gasteiger partial charge in [0, 0.05) is 49.6 Å². The molecule has 0 bridgehead atoms. The van der Waals surface area contributed by atoms with Crippen molar-refractivity contribution in [2.45, 2.75) is 20.8 Å². The van der Waals surface area contributed by atoms with Crippen molar-refractivity contribution in [1.29, 1.82) is 0 Å². The van der Waals surface area contributed by atoms with Crippen LogP contribution in [0.2, 0.25) is 0 Å². The topological polar surface area (TPSA) is 99.8 Å². The fraction of sp³-hybridized carbons (Fsp3) is 0.0833. The van der Waals surface area contributed by atoms with Gasteiger partial charge in [0.25, 0.3) is 0 Å². The van der Waals surface area contributed by atoms with Gasteiger partial charge < -0.3 is 20.0 Å². The van der Waals surface area contributed by atoms with Crippen LogP contribution in [-0.2, 0) is 40.2 Å². The number of aryl methyl sites for hydroxylation is 3. The summed E-state index contributed by atoms with van der Waals surface area (Å²) in [7, 11) is 2.00. The van der Waals surface area contributed by atoms with E-state index in [9.17, 15) is 0 Å². The Morgan fingerprint density at radius 3 is 1.46 bits per heavy atom. The van der Waals surface area contributed by atoms with Gasteiger partial charge >= 0.3 is 40.2 Å². The molecule has 0 unspecified atom stereocenters. The van der Waals surface area contributed by atoms with Crippen LogP contribution in [0.15, 0.2) is 183 Å². The van der Waals surface area contributed by atoms with Crippen molar-refractivity contribution >= 4 is 5.69 Å². The SMILES string of the molecule is Cc1c[c-]c(N2C=CN(C)[CH-]2)cc1.Cc1cnc(-c2ccn[n-]2)c(C)c1.[Ir+3].[Ir+3].[c-]1ccccc1-n1cccn1.[c-]1ccccc1-n1cccn1.[c-]1ccccc1-n1cccn1. The van der Waals surface area contributed by atoms with Gasteiger partial charge in [-0.25, -0.2) is 0 Å². The Kier molecular flexibility index (Phi) is 19.5. The molecule has 13 heteroatoms. The van der Waals surface area contributed by atoms with E-state index >= 15 is 0 Å². The molecule has 0 spiro atoms. The zero-order valence-electron chi connectivity index (χ0n) is 34.0. The summed E-state index contributed by atoms with van der Waals surface area (Å²) in [6.07, 6.45) is 18.5. The average molecular weight is 1160 g/mol. The first kappa shape index (κ1) is 47.2. The number of para-hydroxylation sites is 3. The number of nitrogens with zero attached hydrogens (tertiary/aromatic N) is 11. The molecule has 1 aliphatic rings. The zero-order chi connectivity index (χ0) is 41.1. The number of anilines is 1. The molecule has 10 rings (SSSR count). The third kappa shape index (κ3) is 14.9. The van der Waals surface area contributed by atoms with E-state index in [0.717, 1.165) is 39.7 Å². The summed E-state index contributed by atoms with van der Waals surface area (Å²) >= 11 is 0.